The molecule has 0 saturated heterocycles. The lowest BCUT2D eigenvalue weighted by Crippen LogP contribution is -2.43. The third-order valence-corrected chi connectivity index (χ3v) is 2.37. The lowest BCUT2D eigenvalue weighted by molar-refractivity contribution is -0.102. The van der Waals surface area contributed by atoms with Gasteiger partial charge < -0.3 is 15.3 Å². The van der Waals surface area contributed by atoms with E-state index in [9.17, 15) is 10.2 Å². The minimum atomic E-state index is -1.09. The summed E-state index contributed by atoms with van der Waals surface area (Å²) in [6.45, 7) is 3.48. The SMILES string of the molecule is CCCCC(O)(CC)C(O)CO. The molecular formula is C9H20O3. The zero-order chi connectivity index (χ0) is 9.61. The maximum absolute atomic E-state index is 9.81. The highest BCUT2D eigenvalue weighted by atomic mass is 16.4. The molecule has 0 aliphatic heterocycles. The van der Waals surface area contributed by atoms with Gasteiger partial charge in [-0.05, 0) is 12.8 Å². The number of hydrogen-bond donors (Lipinski definition) is 3. The van der Waals surface area contributed by atoms with Crippen LogP contribution in [0.5, 0.6) is 0 Å². The van der Waals surface area contributed by atoms with Crippen molar-refractivity contribution in [2.24, 2.45) is 0 Å². The predicted molar refractivity (Wildman–Crippen MR) is 47.9 cm³/mol. The Kier molecular flexibility index (Phi) is 5.46. The number of unbranched alkanes of at least 4 members (excludes halogenated alkanes) is 1. The average molecular weight is 176 g/mol. The van der Waals surface area contributed by atoms with Gasteiger partial charge in [-0.1, -0.05) is 26.7 Å². The number of rotatable bonds is 6. The summed E-state index contributed by atoms with van der Waals surface area (Å²) in [5, 5.41) is 27.8. The monoisotopic (exact) mass is 176 g/mol. The highest BCUT2D eigenvalue weighted by Crippen LogP contribution is 2.22. The molecule has 0 spiro atoms. The van der Waals surface area contributed by atoms with Crippen LogP contribution >= 0.6 is 0 Å². The Bertz CT molecular complexity index is 116. The van der Waals surface area contributed by atoms with Crippen molar-refractivity contribution >= 4 is 0 Å². The van der Waals surface area contributed by atoms with Crippen LogP contribution < -0.4 is 0 Å². The molecule has 0 rings (SSSR count). The molecule has 0 aromatic rings. The fourth-order valence-electron chi connectivity index (χ4n) is 1.23. The van der Waals surface area contributed by atoms with Crippen LogP contribution in [0.4, 0.5) is 0 Å². The molecule has 0 aromatic heterocycles. The molecule has 2 atom stereocenters. The topological polar surface area (TPSA) is 60.7 Å². The smallest absolute Gasteiger partial charge is 0.106 e. The van der Waals surface area contributed by atoms with E-state index in [0.717, 1.165) is 12.8 Å². The first kappa shape index (κ1) is 11.9. The Labute approximate surface area is 74.0 Å². The lowest BCUT2D eigenvalue weighted by Gasteiger charge is -2.30. The fraction of sp³-hybridized carbons (Fsp3) is 1.00. The zero-order valence-corrected chi connectivity index (χ0v) is 7.95. The van der Waals surface area contributed by atoms with Gasteiger partial charge in [0.25, 0.3) is 0 Å². The van der Waals surface area contributed by atoms with E-state index in [-0.39, 0.29) is 6.61 Å². The van der Waals surface area contributed by atoms with Crippen molar-refractivity contribution in [3.05, 3.63) is 0 Å². The van der Waals surface area contributed by atoms with Crippen molar-refractivity contribution in [1.82, 2.24) is 0 Å². The van der Waals surface area contributed by atoms with Gasteiger partial charge in [-0.15, -0.1) is 0 Å². The molecular weight excluding hydrogens is 156 g/mol. The van der Waals surface area contributed by atoms with Gasteiger partial charge in [-0.2, -0.15) is 0 Å². The van der Waals surface area contributed by atoms with Gasteiger partial charge in [0.15, 0.2) is 0 Å². The molecule has 2 unspecified atom stereocenters. The Morgan fingerprint density at radius 2 is 1.92 bits per heavy atom. The third kappa shape index (κ3) is 3.09. The Balaban J connectivity index is 4.03. The molecule has 0 saturated carbocycles. The van der Waals surface area contributed by atoms with E-state index in [1.54, 1.807) is 0 Å². The van der Waals surface area contributed by atoms with E-state index >= 15 is 0 Å². The second-order valence-electron chi connectivity index (χ2n) is 3.26. The Morgan fingerprint density at radius 1 is 1.33 bits per heavy atom. The lowest BCUT2D eigenvalue weighted by atomic mass is 9.88. The minimum Gasteiger partial charge on any atom is -0.394 e. The molecule has 0 amide bonds. The van der Waals surface area contributed by atoms with Gasteiger partial charge in [0.2, 0.25) is 0 Å². The molecule has 0 aliphatic carbocycles. The minimum absolute atomic E-state index is 0.367. The van der Waals surface area contributed by atoms with Crippen molar-refractivity contribution in [2.75, 3.05) is 6.61 Å². The maximum atomic E-state index is 9.81. The summed E-state index contributed by atoms with van der Waals surface area (Å²) < 4.78 is 0. The van der Waals surface area contributed by atoms with Crippen molar-refractivity contribution in [2.45, 2.75) is 51.2 Å². The standard InChI is InChI=1S/C9H20O3/c1-3-5-6-9(12,4-2)8(11)7-10/h8,10-12H,3-7H2,1-2H3. The summed E-state index contributed by atoms with van der Waals surface area (Å²) in [5.41, 5.74) is -1.09. The first-order chi connectivity index (χ1) is 5.60. The largest absolute Gasteiger partial charge is 0.394 e. The van der Waals surface area contributed by atoms with E-state index in [0.29, 0.717) is 12.8 Å². The van der Waals surface area contributed by atoms with Gasteiger partial charge in [-0.25, -0.2) is 0 Å². The van der Waals surface area contributed by atoms with Gasteiger partial charge in [0.05, 0.1) is 12.2 Å². The average Bonchev–Trinajstić information content (AvgIpc) is 2.12. The van der Waals surface area contributed by atoms with Gasteiger partial charge in [-0.3, -0.25) is 0 Å². The molecule has 0 bridgehead atoms. The van der Waals surface area contributed by atoms with Crippen molar-refractivity contribution < 1.29 is 15.3 Å². The number of aliphatic hydroxyl groups is 3. The quantitative estimate of drug-likeness (QED) is 0.557. The molecule has 3 nitrogen and oxygen atoms in total. The molecule has 3 N–H and O–H groups in total. The van der Waals surface area contributed by atoms with Crippen LogP contribution in [0.25, 0.3) is 0 Å². The van der Waals surface area contributed by atoms with Crippen LogP contribution in [-0.2, 0) is 0 Å². The molecule has 0 aromatic carbocycles. The summed E-state index contributed by atoms with van der Waals surface area (Å²) in [5.74, 6) is 0. The van der Waals surface area contributed by atoms with Crippen LogP contribution in [-0.4, -0.2) is 33.6 Å². The van der Waals surface area contributed by atoms with E-state index in [4.69, 9.17) is 5.11 Å². The molecule has 3 heteroatoms. The summed E-state index contributed by atoms with van der Waals surface area (Å²) in [6, 6.07) is 0. The predicted octanol–water partition coefficient (Wildman–Crippen LogP) is 0.671. The van der Waals surface area contributed by atoms with Crippen molar-refractivity contribution in [1.29, 1.82) is 0 Å². The summed E-state index contributed by atoms with van der Waals surface area (Å²) in [7, 11) is 0. The van der Waals surface area contributed by atoms with E-state index < -0.39 is 11.7 Å². The highest BCUT2D eigenvalue weighted by Gasteiger charge is 2.32. The first-order valence-electron chi connectivity index (χ1n) is 4.62. The van der Waals surface area contributed by atoms with Crippen LogP contribution in [0, 0.1) is 0 Å². The van der Waals surface area contributed by atoms with Crippen LogP contribution in [0.15, 0.2) is 0 Å². The Morgan fingerprint density at radius 3 is 2.25 bits per heavy atom. The van der Waals surface area contributed by atoms with Gasteiger partial charge >= 0.3 is 0 Å². The molecule has 0 radical (unpaired) electrons. The van der Waals surface area contributed by atoms with Crippen LogP contribution in [0.3, 0.4) is 0 Å². The summed E-state index contributed by atoms with van der Waals surface area (Å²) in [6.07, 6.45) is 1.90. The molecule has 12 heavy (non-hydrogen) atoms. The second-order valence-corrected chi connectivity index (χ2v) is 3.26. The summed E-state index contributed by atoms with van der Waals surface area (Å²) in [4.78, 5) is 0. The molecule has 0 aliphatic rings. The first-order valence-corrected chi connectivity index (χ1v) is 4.62. The van der Waals surface area contributed by atoms with Gasteiger partial charge in [0, 0.05) is 0 Å². The molecule has 0 fully saturated rings. The third-order valence-electron chi connectivity index (χ3n) is 2.37. The van der Waals surface area contributed by atoms with E-state index in [2.05, 4.69) is 0 Å². The van der Waals surface area contributed by atoms with E-state index in [1.807, 2.05) is 13.8 Å². The van der Waals surface area contributed by atoms with Crippen molar-refractivity contribution in [3.8, 4) is 0 Å². The number of aliphatic hydroxyl groups excluding tert-OH is 2. The van der Waals surface area contributed by atoms with Crippen LogP contribution in [0.1, 0.15) is 39.5 Å². The van der Waals surface area contributed by atoms with Gasteiger partial charge in [0.1, 0.15) is 6.10 Å². The maximum Gasteiger partial charge on any atom is 0.106 e. The normalized spacial score (nSPS) is 18.8. The van der Waals surface area contributed by atoms with Crippen LogP contribution in [0.2, 0.25) is 0 Å². The van der Waals surface area contributed by atoms with Crippen molar-refractivity contribution in [3.63, 3.8) is 0 Å². The summed E-state index contributed by atoms with van der Waals surface area (Å²) >= 11 is 0. The molecule has 74 valence electrons. The Hall–Kier alpha value is -0.120. The molecule has 0 heterocycles. The highest BCUT2D eigenvalue weighted by molar-refractivity contribution is 4.84. The van der Waals surface area contributed by atoms with E-state index in [1.165, 1.54) is 0 Å². The number of hydrogen-bond acceptors (Lipinski definition) is 3. The zero-order valence-electron chi connectivity index (χ0n) is 7.95. The fourth-order valence-corrected chi connectivity index (χ4v) is 1.23. The second kappa shape index (κ2) is 5.51.